The summed E-state index contributed by atoms with van der Waals surface area (Å²) in [4.78, 5) is 24.1. The van der Waals surface area contributed by atoms with Crippen molar-refractivity contribution in [1.29, 1.82) is 0 Å². The van der Waals surface area contributed by atoms with E-state index in [1.54, 1.807) is 12.1 Å². The Morgan fingerprint density at radius 3 is 2.42 bits per heavy atom. The third kappa shape index (κ3) is 4.39. The fourth-order valence-corrected chi connectivity index (χ4v) is 2.15. The van der Waals surface area contributed by atoms with Crippen molar-refractivity contribution in [3.63, 3.8) is 0 Å². The molecule has 24 heavy (non-hydrogen) atoms. The molecule has 2 aromatic carbocycles. The zero-order valence-corrected chi connectivity index (χ0v) is 13.7. The predicted octanol–water partition coefficient (Wildman–Crippen LogP) is 2.98. The molecule has 0 unspecified atom stereocenters. The van der Waals surface area contributed by atoms with Gasteiger partial charge in [-0.1, -0.05) is 6.07 Å². The topological polar surface area (TPSA) is 84.2 Å². The Morgan fingerprint density at radius 1 is 1.00 bits per heavy atom. The van der Waals surface area contributed by atoms with Gasteiger partial charge in [-0.3, -0.25) is 9.59 Å². The first-order chi connectivity index (χ1) is 11.4. The first-order valence-electron chi connectivity index (χ1n) is 7.59. The van der Waals surface area contributed by atoms with E-state index in [4.69, 9.17) is 5.73 Å². The standard InChI is InChI=1S/C18H20FN3O2/c1-11-3-4-13(9-12(11)2)18(24)22-15-6-5-14(19)10-16(15)21-17(23)7-8-20/h3-6,9-10H,7-8,20H2,1-2H3,(H,21,23)(H,22,24). The zero-order chi connectivity index (χ0) is 17.7. The molecule has 0 aliphatic rings. The first kappa shape index (κ1) is 17.6. The number of aryl methyl sites for hydroxylation is 2. The van der Waals surface area contributed by atoms with Crippen LogP contribution in [0.15, 0.2) is 36.4 Å². The third-order valence-electron chi connectivity index (χ3n) is 3.64. The van der Waals surface area contributed by atoms with Crippen molar-refractivity contribution in [3.05, 3.63) is 58.9 Å². The van der Waals surface area contributed by atoms with Crippen LogP contribution in [-0.4, -0.2) is 18.4 Å². The summed E-state index contributed by atoms with van der Waals surface area (Å²) in [6.45, 7) is 4.07. The lowest BCUT2D eigenvalue weighted by molar-refractivity contribution is -0.116. The summed E-state index contributed by atoms with van der Waals surface area (Å²) < 4.78 is 13.5. The molecule has 6 heteroatoms. The number of hydrogen-bond acceptors (Lipinski definition) is 3. The van der Waals surface area contributed by atoms with Gasteiger partial charge in [0.1, 0.15) is 5.82 Å². The highest BCUT2D eigenvalue weighted by Crippen LogP contribution is 2.24. The van der Waals surface area contributed by atoms with Crippen LogP contribution in [0.2, 0.25) is 0 Å². The molecule has 4 N–H and O–H groups in total. The van der Waals surface area contributed by atoms with Crippen LogP contribution in [0.5, 0.6) is 0 Å². The molecule has 126 valence electrons. The summed E-state index contributed by atoms with van der Waals surface area (Å²) in [5, 5.41) is 5.25. The number of carbonyl (C=O) groups excluding carboxylic acids is 2. The molecule has 2 rings (SSSR count). The Morgan fingerprint density at radius 2 is 1.75 bits per heavy atom. The van der Waals surface area contributed by atoms with E-state index >= 15 is 0 Å². The van der Waals surface area contributed by atoms with Gasteiger partial charge in [0.2, 0.25) is 5.91 Å². The van der Waals surface area contributed by atoms with Crippen molar-refractivity contribution in [2.45, 2.75) is 20.3 Å². The minimum atomic E-state index is -0.512. The summed E-state index contributed by atoms with van der Waals surface area (Å²) in [5.41, 5.74) is 8.43. The van der Waals surface area contributed by atoms with Crippen LogP contribution in [0, 0.1) is 19.7 Å². The van der Waals surface area contributed by atoms with Crippen molar-refractivity contribution >= 4 is 23.2 Å². The van der Waals surface area contributed by atoms with Crippen molar-refractivity contribution in [2.75, 3.05) is 17.2 Å². The Hall–Kier alpha value is -2.73. The van der Waals surface area contributed by atoms with Gasteiger partial charge < -0.3 is 16.4 Å². The maximum Gasteiger partial charge on any atom is 0.255 e. The first-order valence-corrected chi connectivity index (χ1v) is 7.59. The Labute approximate surface area is 140 Å². The Bertz CT molecular complexity index is 775. The highest BCUT2D eigenvalue weighted by atomic mass is 19.1. The van der Waals surface area contributed by atoms with Crippen molar-refractivity contribution in [3.8, 4) is 0 Å². The summed E-state index contributed by atoms with van der Waals surface area (Å²) in [6.07, 6.45) is 0.112. The van der Waals surface area contributed by atoms with Gasteiger partial charge in [0, 0.05) is 18.5 Å². The molecule has 0 fully saturated rings. The maximum absolute atomic E-state index is 13.5. The molecular formula is C18H20FN3O2. The van der Waals surface area contributed by atoms with E-state index in [1.807, 2.05) is 19.9 Å². The van der Waals surface area contributed by atoms with Gasteiger partial charge >= 0.3 is 0 Å². The van der Waals surface area contributed by atoms with Gasteiger partial charge in [-0.2, -0.15) is 0 Å². The third-order valence-corrected chi connectivity index (χ3v) is 3.64. The van der Waals surface area contributed by atoms with E-state index in [2.05, 4.69) is 10.6 Å². The minimum Gasteiger partial charge on any atom is -0.330 e. The van der Waals surface area contributed by atoms with Crippen LogP contribution in [0.1, 0.15) is 27.9 Å². The van der Waals surface area contributed by atoms with E-state index in [1.165, 1.54) is 12.1 Å². The smallest absolute Gasteiger partial charge is 0.255 e. The van der Waals surface area contributed by atoms with E-state index in [-0.39, 0.29) is 30.5 Å². The van der Waals surface area contributed by atoms with Crippen molar-refractivity contribution in [2.24, 2.45) is 5.73 Å². The number of rotatable bonds is 5. The van der Waals surface area contributed by atoms with Crippen LogP contribution in [-0.2, 0) is 4.79 Å². The molecule has 0 aromatic heterocycles. The number of amides is 2. The van der Waals surface area contributed by atoms with Gasteiger partial charge in [0.05, 0.1) is 11.4 Å². The van der Waals surface area contributed by atoms with Gasteiger partial charge in [-0.25, -0.2) is 4.39 Å². The van der Waals surface area contributed by atoms with Crippen molar-refractivity contribution in [1.82, 2.24) is 0 Å². The molecule has 0 radical (unpaired) electrons. The number of nitrogens with two attached hydrogens (primary N) is 1. The number of hydrogen-bond donors (Lipinski definition) is 3. The molecule has 0 bridgehead atoms. The van der Waals surface area contributed by atoms with Gasteiger partial charge in [-0.15, -0.1) is 0 Å². The van der Waals surface area contributed by atoms with E-state index < -0.39 is 5.82 Å². The Balaban J connectivity index is 2.23. The lowest BCUT2D eigenvalue weighted by atomic mass is 10.1. The SMILES string of the molecule is Cc1ccc(C(=O)Nc2ccc(F)cc2NC(=O)CCN)cc1C. The molecule has 0 heterocycles. The summed E-state index contributed by atoms with van der Waals surface area (Å²) in [6, 6.07) is 9.14. The number of benzene rings is 2. The highest BCUT2D eigenvalue weighted by molar-refractivity contribution is 6.07. The second-order valence-electron chi connectivity index (χ2n) is 5.53. The molecule has 0 aliphatic carbocycles. The van der Waals surface area contributed by atoms with Crippen LogP contribution in [0.4, 0.5) is 15.8 Å². The second-order valence-corrected chi connectivity index (χ2v) is 5.53. The van der Waals surface area contributed by atoms with Crippen LogP contribution < -0.4 is 16.4 Å². The van der Waals surface area contributed by atoms with E-state index in [0.717, 1.165) is 17.2 Å². The van der Waals surface area contributed by atoms with Crippen LogP contribution in [0.25, 0.3) is 0 Å². The lowest BCUT2D eigenvalue weighted by Gasteiger charge is -2.13. The fraction of sp³-hybridized carbons (Fsp3) is 0.222. The lowest BCUT2D eigenvalue weighted by Crippen LogP contribution is -2.19. The molecule has 0 aliphatic heterocycles. The molecular weight excluding hydrogens is 309 g/mol. The van der Waals surface area contributed by atoms with Gasteiger partial charge in [0.25, 0.3) is 5.91 Å². The number of halogens is 1. The van der Waals surface area contributed by atoms with E-state index in [9.17, 15) is 14.0 Å². The predicted molar refractivity (Wildman–Crippen MR) is 92.6 cm³/mol. The van der Waals surface area contributed by atoms with Gasteiger partial charge in [0.15, 0.2) is 0 Å². The molecule has 5 nitrogen and oxygen atoms in total. The molecule has 0 saturated carbocycles. The maximum atomic E-state index is 13.5. The Kier molecular flexibility index (Phi) is 5.65. The molecule has 2 aromatic rings. The number of nitrogens with one attached hydrogen (secondary N) is 2. The van der Waals surface area contributed by atoms with Crippen molar-refractivity contribution < 1.29 is 14.0 Å². The molecule has 0 atom stereocenters. The fourth-order valence-electron chi connectivity index (χ4n) is 2.15. The minimum absolute atomic E-state index is 0.112. The number of anilines is 2. The normalized spacial score (nSPS) is 10.3. The quantitative estimate of drug-likeness (QED) is 0.788. The average Bonchev–Trinajstić information content (AvgIpc) is 2.52. The summed E-state index contributed by atoms with van der Waals surface area (Å²) in [5.74, 6) is -1.19. The summed E-state index contributed by atoms with van der Waals surface area (Å²) in [7, 11) is 0. The van der Waals surface area contributed by atoms with Gasteiger partial charge in [-0.05, 0) is 55.3 Å². The van der Waals surface area contributed by atoms with E-state index in [0.29, 0.717) is 11.3 Å². The molecule has 2 amide bonds. The average molecular weight is 329 g/mol. The second kappa shape index (κ2) is 7.70. The largest absolute Gasteiger partial charge is 0.330 e. The zero-order valence-electron chi connectivity index (χ0n) is 13.7. The monoisotopic (exact) mass is 329 g/mol. The van der Waals surface area contributed by atoms with Crippen LogP contribution in [0.3, 0.4) is 0 Å². The molecule has 0 spiro atoms. The summed E-state index contributed by atoms with van der Waals surface area (Å²) >= 11 is 0. The highest BCUT2D eigenvalue weighted by Gasteiger charge is 2.12. The molecule has 0 saturated heterocycles. The van der Waals surface area contributed by atoms with Crippen LogP contribution >= 0.6 is 0 Å². The number of carbonyl (C=O) groups is 2.